The SMILES string of the molecule is c1ccc(-c2cccc(-c3nc(-c4ccccc4)nc(-c4cccc(-n5c6ccccc6c6cc(-c7ccc(-c8ccc9c(c8)c8ccccc8n9-c8ccccc8)cc7)ccc65)c4)n3)c2)cc1. The molecule has 3 heterocycles. The van der Waals surface area contributed by atoms with E-state index in [9.17, 15) is 0 Å². The van der Waals surface area contributed by atoms with E-state index in [1.54, 1.807) is 0 Å². The minimum Gasteiger partial charge on any atom is -0.309 e. The molecule has 0 saturated heterocycles. The summed E-state index contributed by atoms with van der Waals surface area (Å²) in [4.78, 5) is 15.3. The van der Waals surface area contributed by atoms with Crippen molar-refractivity contribution in [3.63, 3.8) is 0 Å². The zero-order chi connectivity index (χ0) is 45.0. The topological polar surface area (TPSA) is 48.5 Å². The van der Waals surface area contributed by atoms with Crippen LogP contribution in [0, 0.1) is 0 Å². The molecule has 5 heteroatoms. The average Bonchev–Trinajstić information content (AvgIpc) is 3.94. The summed E-state index contributed by atoms with van der Waals surface area (Å²) in [6.07, 6.45) is 0. The Labute approximate surface area is 393 Å². The predicted molar refractivity (Wildman–Crippen MR) is 281 cm³/mol. The lowest BCUT2D eigenvalue weighted by Gasteiger charge is -2.12. The molecule has 0 aliphatic carbocycles. The first-order valence-corrected chi connectivity index (χ1v) is 23.0. The fraction of sp³-hybridized carbons (Fsp3) is 0. The van der Waals surface area contributed by atoms with Crippen LogP contribution in [-0.2, 0) is 0 Å². The average molecular weight is 868 g/mol. The standard InChI is InChI=1S/C63H41N5/c1-4-16-42(17-5-1)46-20-14-21-49(38-46)62-64-61(45-18-6-2-7-19-45)65-63(66-62)50-22-15-25-52(39-50)68-58-29-13-11-27-54(58)56-41-48(35-37-60(56)68)44-32-30-43(31-33-44)47-34-36-59-55(40-47)53-26-10-12-28-57(53)67(59)51-23-8-3-9-24-51/h1-41H. The number of aromatic nitrogens is 5. The number of benzene rings is 10. The highest BCUT2D eigenvalue weighted by Gasteiger charge is 2.18. The van der Waals surface area contributed by atoms with E-state index in [0.29, 0.717) is 17.5 Å². The number of fused-ring (bicyclic) bond motifs is 6. The summed E-state index contributed by atoms with van der Waals surface area (Å²) in [5.74, 6) is 1.88. The maximum Gasteiger partial charge on any atom is 0.164 e. The van der Waals surface area contributed by atoms with Crippen molar-refractivity contribution < 1.29 is 0 Å². The molecule has 0 unspecified atom stereocenters. The van der Waals surface area contributed by atoms with Crippen LogP contribution < -0.4 is 0 Å². The van der Waals surface area contributed by atoms with Gasteiger partial charge in [0.2, 0.25) is 0 Å². The Morgan fingerprint density at radius 1 is 0.206 bits per heavy atom. The van der Waals surface area contributed by atoms with Gasteiger partial charge in [-0.3, -0.25) is 0 Å². The molecule has 13 rings (SSSR count). The molecule has 13 aromatic rings. The molecule has 0 atom stereocenters. The molecule has 10 aromatic carbocycles. The second-order valence-corrected chi connectivity index (χ2v) is 17.3. The molecule has 0 radical (unpaired) electrons. The number of para-hydroxylation sites is 3. The van der Waals surface area contributed by atoms with Gasteiger partial charge in [0, 0.05) is 49.6 Å². The van der Waals surface area contributed by atoms with Gasteiger partial charge < -0.3 is 9.13 Å². The van der Waals surface area contributed by atoms with Gasteiger partial charge in [-0.15, -0.1) is 0 Å². The number of hydrogen-bond acceptors (Lipinski definition) is 3. The quantitative estimate of drug-likeness (QED) is 0.153. The number of nitrogens with zero attached hydrogens (tertiary/aromatic N) is 5. The van der Waals surface area contributed by atoms with Crippen LogP contribution in [0.1, 0.15) is 0 Å². The van der Waals surface area contributed by atoms with Crippen LogP contribution in [0.2, 0.25) is 0 Å². The number of rotatable bonds is 8. The molecule has 0 amide bonds. The molecule has 0 spiro atoms. The summed E-state index contributed by atoms with van der Waals surface area (Å²) in [5.41, 5.74) is 16.6. The van der Waals surface area contributed by atoms with Crippen LogP contribution in [0.15, 0.2) is 249 Å². The molecule has 3 aromatic heterocycles. The fourth-order valence-electron chi connectivity index (χ4n) is 9.90. The lowest BCUT2D eigenvalue weighted by atomic mass is 9.98. The molecular formula is C63H41N5. The summed E-state index contributed by atoms with van der Waals surface area (Å²) in [6.45, 7) is 0. The van der Waals surface area contributed by atoms with Crippen molar-refractivity contribution in [3.8, 4) is 78.9 Å². The van der Waals surface area contributed by atoms with Crippen LogP contribution in [0.4, 0.5) is 0 Å². The Kier molecular flexibility index (Phi) is 9.43. The minimum atomic E-state index is 0.617. The van der Waals surface area contributed by atoms with Gasteiger partial charge in [-0.1, -0.05) is 182 Å². The van der Waals surface area contributed by atoms with Gasteiger partial charge in [-0.2, -0.15) is 0 Å². The maximum atomic E-state index is 5.16. The van der Waals surface area contributed by atoms with Crippen LogP contribution in [0.25, 0.3) is 123 Å². The smallest absolute Gasteiger partial charge is 0.164 e. The van der Waals surface area contributed by atoms with E-state index in [2.05, 4.69) is 221 Å². The first kappa shape index (κ1) is 39.2. The van der Waals surface area contributed by atoms with E-state index < -0.39 is 0 Å². The maximum absolute atomic E-state index is 5.16. The fourth-order valence-corrected chi connectivity index (χ4v) is 9.90. The van der Waals surface area contributed by atoms with Crippen LogP contribution >= 0.6 is 0 Å². The Balaban J connectivity index is 0.865. The molecule has 0 aliphatic rings. The van der Waals surface area contributed by atoms with E-state index in [4.69, 9.17) is 15.0 Å². The third-order valence-electron chi connectivity index (χ3n) is 13.2. The van der Waals surface area contributed by atoms with Crippen LogP contribution in [-0.4, -0.2) is 24.1 Å². The second-order valence-electron chi connectivity index (χ2n) is 17.3. The van der Waals surface area contributed by atoms with Gasteiger partial charge in [-0.05, 0) is 100 Å². The van der Waals surface area contributed by atoms with Crippen molar-refractivity contribution in [1.82, 2.24) is 24.1 Å². The normalized spacial score (nSPS) is 11.5. The molecule has 68 heavy (non-hydrogen) atoms. The molecule has 0 aliphatic heterocycles. The van der Waals surface area contributed by atoms with Crippen molar-refractivity contribution in [2.45, 2.75) is 0 Å². The van der Waals surface area contributed by atoms with Gasteiger partial charge in [0.25, 0.3) is 0 Å². The van der Waals surface area contributed by atoms with Gasteiger partial charge in [-0.25, -0.2) is 15.0 Å². The summed E-state index contributed by atoms with van der Waals surface area (Å²) < 4.78 is 4.72. The molecule has 318 valence electrons. The van der Waals surface area contributed by atoms with E-state index in [1.807, 2.05) is 36.4 Å². The molecule has 0 saturated carbocycles. The van der Waals surface area contributed by atoms with E-state index in [0.717, 1.165) is 50.2 Å². The Morgan fingerprint density at radius 3 is 1.13 bits per heavy atom. The third kappa shape index (κ3) is 6.84. The second kappa shape index (κ2) is 16.4. The van der Waals surface area contributed by atoms with Crippen molar-refractivity contribution in [2.24, 2.45) is 0 Å². The summed E-state index contributed by atoms with van der Waals surface area (Å²) in [6, 6.07) is 88.2. The van der Waals surface area contributed by atoms with Gasteiger partial charge in [0.15, 0.2) is 17.5 Å². The van der Waals surface area contributed by atoms with Gasteiger partial charge in [0.05, 0.1) is 22.1 Å². The zero-order valence-electron chi connectivity index (χ0n) is 36.9. The largest absolute Gasteiger partial charge is 0.309 e. The van der Waals surface area contributed by atoms with Gasteiger partial charge in [0.1, 0.15) is 0 Å². The minimum absolute atomic E-state index is 0.617. The van der Waals surface area contributed by atoms with Crippen molar-refractivity contribution in [1.29, 1.82) is 0 Å². The molecule has 0 fully saturated rings. The first-order valence-electron chi connectivity index (χ1n) is 23.0. The highest BCUT2D eigenvalue weighted by Crippen LogP contribution is 2.38. The molecular weight excluding hydrogens is 827 g/mol. The van der Waals surface area contributed by atoms with Crippen LogP contribution in [0.3, 0.4) is 0 Å². The highest BCUT2D eigenvalue weighted by molar-refractivity contribution is 6.11. The lowest BCUT2D eigenvalue weighted by molar-refractivity contribution is 1.07. The molecule has 0 N–H and O–H groups in total. The molecule has 0 bridgehead atoms. The summed E-state index contributed by atoms with van der Waals surface area (Å²) in [7, 11) is 0. The van der Waals surface area contributed by atoms with Crippen molar-refractivity contribution >= 4 is 43.6 Å². The predicted octanol–water partition coefficient (Wildman–Crippen LogP) is 16.1. The monoisotopic (exact) mass is 867 g/mol. The van der Waals surface area contributed by atoms with Gasteiger partial charge >= 0.3 is 0 Å². The highest BCUT2D eigenvalue weighted by atomic mass is 15.0. The summed E-state index contributed by atoms with van der Waals surface area (Å²) >= 11 is 0. The Hall–Kier alpha value is -9.19. The number of hydrogen-bond donors (Lipinski definition) is 0. The lowest BCUT2D eigenvalue weighted by Crippen LogP contribution is -2.01. The third-order valence-corrected chi connectivity index (χ3v) is 13.2. The molecule has 5 nitrogen and oxygen atoms in total. The zero-order valence-corrected chi connectivity index (χ0v) is 36.9. The first-order chi connectivity index (χ1) is 33.7. The summed E-state index contributed by atoms with van der Waals surface area (Å²) in [5, 5.41) is 4.89. The Bertz CT molecular complexity index is 4000. The van der Waals surface area contributed by atoms with E-state index in [-0.39, 0.29) is 0 Å². The van der Waals surface area contributed by atoms with E-state index in [1.165, 1.54) is 54.8 Å². The van der Waals surface area contributed by atoms with Crippen LogP contribution in [0.5, 0.6) is 0 Å². The van der Waals surface area contributed by atoms with Crippen molar-refractivity contribution in [3.05, 3.63) is 249 Å². The van der Waals surface area contributed by atoms with E-state index >= 15 is 0 Å². The Morgan fingerprint density at radius 2 is 0.559 bits per heavy atom. The van der Waals surface area contributed by atoms with Crippen molar-refractivity contribution in [2.75, 3.05) is 0 Å².